The summed E-state index contributed by atoms with van der Waals surface area (Å²) in [5.74, 6) is -1.63. The van der Waals surface area contributed by atoms with Gasteiger partial charge in [-0.2, -0.15) is 8.78 Å². The molecule has 7 heteroatoms. The Balaban J connectivity index is 2.28. The molecule has 0 bridgehead atoms. The van der Waals surface area contributed by atoms with Gasteiger partial charge in [0.25, 0.3) is 5.91 Å². The average molecular weight is 261 g/mol. The molecule has 2 amide bonds. The molecule has 0 atom stereocenters. The number of anilines is 2. The number of halogens is 3. The van der Waals surface area contributed by atoms with Crippen LogP contribution in [0.5, 0.6) is 0 Å². The molecule has 90 valence electrons. The van der Waals surface area contributed by atoms with E-state index in [1.165, 1.54) is 12.1 Å². The van der Waals surface area contributed by atoms with E-state index < -0.39 is 12.3 Å². The van der Waals surface area contributed by atoms with Crippen molar-refractivity contribution >= 4 is 34.8 Å². The molecule has 0 saturated carbocycles. The first-order valence-corrected chi connectivity index (χ1v) is 5.06. The van der Waals surface area contributed by atoms with Crippen LogP contribution in [0.2, 0.25) is 5.02 Å². The van der Waals surface area contributed by atoms with E-state index in [0.29, 0.717) is 11.3 Å². The molecule has 1 aliphatic rings. The van der Waals surface area contributed by atoms with Gasteiger partial charge in [0.1, 0.15) is 0 Å². The number of carbonyl (C=O) groups is 2. The molecule has 2 rings (SSSR count). The molecule has 4 nitrogen and oxygen atoms in total. The fourth-order valence-corrected chi connectivity index (χ4v) is 1.74. The molecule has 1 aromatic rings. The number of benzene rings is 1. The normalized spacial score (nSPS) is 13.5. The van der Waals surface area contributed by atoms with Crippen molar-refractivity contribution < 1.29 is 18.4 Å². The van der Waals surface area contributed by atoms with E-state index in [0.717, 1.165) is 0 Å². The molecule has 0 aromatic heterocycles. The summed E-state index contributed by atoms with van der Waals surface area (Å²) in [7, 11) is 0. The number of alkyl halides is 2. The van der Waals surface area contributed by atoms with Gasteiger partial charge in [-0.25, -0.2) is 0 Å². The summed E-state index contributed by atoms with van der Waals surface area (Å²) in [6, 6.07) is 2.83. The molecule has 0 radical (unpaired) electrons. The third kappa shape index (κ3) is 2.36. The van der Waals surface area contributed by atoms with Crippen LogP contribution in [0, 0.1) is 0 Å². The van der Waals surface area contributed by atoms with Crippen LogP contribution >= 0.6 is 11.6 Å². The van der Waals surface area contributed by atoms with Gasteiger partial charge in [0.05, 0.1) is 17.1 Å². The van der Waals surface area contributed by atoms with Crippen molar-refractivity contribution in [2.45, 2.75) is 12.8 Å². The predicted octanol–water partition coefficient (Wildman–Crippen LogP) is 2.04. The number of amides is 2. The monoisotopic (exact) mass is 260 g/mol. The minimum atomic E-state index is -3.11. The van der Waals surface area contributed by atoms with Gasteiger partial charge in [0.15, 0.2) is 0 Å². The maximum Gasteiger partial charge on any atom is 0.315 e. The number of hydrogen-bond donors (Lipinski definition) is 2. The number of hydrogen-bond acceptors (Lipinski definition) is 2. The van der Waals surface area contributed by atoms with Gasteiger partial charge in [0.2, 0.25) is 5.91 Å². The van der Waals surface area contributed by atoms with Gasteiger partial charge >= 0.3 is 6.43 Å². The predicted molar refractivity (Wildman–Crippen MR) is 58.4 cm³/mol. The maximum absolute atomic E-state index is 12.1. The largest absolute Gasteiger partial charge is 0.325 e. The third-order valence-electron chi connectivity index (χ3n) is 2.27. The fraction of sp³-hybridized carbons (Fsp3) is 0.200. The van der Waals surface area contributed by atoms with Gasteiger partial charge in [-0.15, -0.1) is 0 Å². The summed E-state index contributed by atoms with van der Waals surface area (Å²) < 4.78 is 24.1. The SMILES string of the molecule is O=C1Cc2cc(NC(=O)C(F)F)c(Cl)cc2N1. The van der Waals surface area contributed by atoms with Crippen LogP contribution in [-0.4, -0.2) is 18.2 Å². The van der Waals surface area contributed by atoms with Crippen molar-refractivity contribution in [1.82, 2.24) is 0 Å². The molecule has 1 heterocycles. The zero-order valence-corrected chi connectivity index (χ0v) is 9.15. The van der Waals surface area contributed by atoms with Crippen molar-refractivity contribution in [1.29, 1.82) is 0 Å². The highest BCUT2D eigenvalue weighted by Crippen LogP contribution is 2.32. The van der Waals surface area contributed by atoms with Crippen molar-refractivity contribution in [3.8, 4) is 0 Å². The van der Waals surface area contributed by atoms with Crippen LogP contribution in [-0.2, 0) is 16.0 Å². The van der Waals surface area contributed by atoms with Crippen LogP contribution in [0.15, 0.2) is 12.1 Å². The second-order valence-corrected chi connectivity index (χ2v) is 3.91. The number of carbonyl (C=O) groups excluding carboxylic acids is 2. The molecule has 0 unspecified atom stereocenters. The van der Waals surface area contributed by atoms with Gasteiger partial charge in [-0.3, -0.25) is 9.59 Å². The van der Waals surface area contributed by atoms with E-state index in [2.05, 4.69) is 5.32 Å². The minimum Gasteiger partial charge on any atom is -0.325 e. The van der Waals surface area contributed by atoms with E-state index in [9.17, 15) is 18.4 Å². The topological polar surface area (TPSA) is 58.2 Å². The summed E-state index contributed by atoms with van der Waals surface area (Å²) >= 11 is 5.79. The van der Waals surface area contributed by atoms with Crippen molar-refractivity contribution in [2.24, 2.45) is 0 Å². The van der Waals surface area contributed by atoms with Gasteiger partial charge in [-0.05, 0) is 17.7 Å². The van der Waals surface area contributed by atoms with E-state index in [4.69, 9.17) is 11.6 Å². The smallest absolute Gasteiger partial charge is 0.315 e. The highest BCUT2D eigenvalue weighted by atomic mass is 35.5. The van der Waals surface area contributed by atoms with Crippen LogP contribution in [0.4, 0.5) is 20.2 Å². The maximum atomic E-state index is 12.1. The van der Waals surface area contributed by atoms with Gasteiger partial charge in [-0.1, -0.05) is 11.6 Å². The first kappa shape index (κ1) is 11.8. The zero-order valence-electron chi connectivity index (χ0n) is 8.39. The zero-order chi connectivity index (χ0) is 12.6. The third-order valence-corrected chi connectivity index (χ3v) is 2.59. The van der Waals surface area contributed by atoms with Gasteiger partial charge in [0, 0.05) is 5.69 Å². The lowest BCUT2D eigenvalue weighted by atomic mass is 10.1. The molecule has 0 spiro atoms. The summed E-state index contributed by atoms with van der Waals surface area (Å²) in [5, 5.41) is 4.65. The summed E-state index contributed by atoms with van der Waals surface area (Å²) in [4.78, 5) is 21.9. The Kier molecular flexibility index (Phi) is 2.97. The standard InChI is InChI=1S/C10H7ClF2N2O2/c11-5-3-6-4(2-8(16)14-6)1-7(5)15-10(17)9(12)13/h1,3,9H,2H2,(H,14,16)(H,15,17). The molecule has 0 saturated heterocycles. The highest BCUT2D eigenvalue weighted by Gasteiger charge is 2.22. The van der Waals surface area contributed by atoms with Crippen LogP contribution in [0.25, 0.3) is 0 Å². The number of nitrogens with one attached hydrogen (secondary N) is 2. The minimum absolute atomic E-state index is 0.0761. The van der Waals surface area contributed by atoms with Crippen molar-refractivity contribution in [3.63, 3.8) is 0 Å². The Labute approximate surface area is 99.9 Å². The molecule has 1 aromatic carbocycles. The number of rotatable bonds is 2. The average Bonchev–Trinajstić information content (AvgIpc) is 2.57. The van der Waals surface area contributed by atoms with Gasteiger partial charge < -0.3 is 10.6 Å². The van der Waals surface area contributed by atoms with Crippen molar-refractivity contribution in [2.75, 3.05) is 10.6 Å². The lowest BCUT2D eigenvalue weighted by Crippen LogP contribution is -2.20. The molecule has 2 N–H and O–H groups in total. The van der Waals surface area contributed by atoms with E-state index in [1.54, 1.807) is 0 Å². The second-order valence-electron chi connectivity index (χ2n) is 3.50. The Morgan fingerprint density at radius 3 is 2.82 bits per heavy atom. The summed E-state index contributed by atoms with van der Waals surface area (Å²) in [6.07, 6.45) is -2.97. The first-order valence-electron chi connectivity index (χ1n) is 4.68. The lowest BCUT2D eigenvalue weighted by molar-refractivity contribution is -0.126. The second kappa shape index (κ2) is 4.29. The molecule has 1 aliphatic heterocycles. The Morgan fingerprint density at radius 2 is 2.18 bits per heavy atom. The molecule has 17 heavy (non-hydrogen) atoms. The van der Waals surface area contributed by atoms with E-state index in [-0.39, 0.29) is 23.0 Å². The Hall–Kier alpha value is -1.69. The van der Waals surface area contributed by atoms with Crippen molar-refractivity contribution in [3.05, 3.63) is 22.7 Å². The molecule has 0 aliphatic carbocycles. The molecular formula is C10H7ClF2N2O2. The van der Waals surface area contributed by atoms with E-state index >= 15 is 0 Å². The summed E-state index contributed by atoms with van der Waals surface area (Å²) in [5.41, 5.74) is 1.23. The van der Waals surface area contributed by atoms with Crippen LogP contribution in [0.3, 0.4) is 0 Å². The molecule has 0 fully saturated rings. The first-order chi connectivity index (χ1) is 7.97. The van der Waals surface area contributed by atoms with Crippen LogP contribution < -0.4 is 10.6 Å². The summed E-state index contributed by atoms with van der Waals surface area (Å²) in [6.45, 7) is 0. The quantitative estimate of drug-likeness (QED) is 0.855. The fourth-order valence-electron chi connectivity index (χ4n) is 1.53. The van der Waals surface area contributed by atoms with E-state index in [1.807, 2.05) is 5.32 Å². The number of fused-ring (bicyclic) bond motifs is 1. The Morgan fingerprint density at radius 1 is 1.47 bits per heavy atom. The molecular weight excluding hydrogens is 254 g/mol. The lowest BCUT2D eigenvalue weighted by Gasteiger charge is -2.08. The Bertz CT molecular complexity index is 505. The van der Waals surface area contributed by atoms with Crippen LogP contribution in [0.1, 0.15) is 5.56 Å². The highest BCUT2D eigenvalue weighted by molar-refractivity contribution is 6.34.